The molecule has 2 aromatic carbocycles. The number of carbonyl (C=O) groups excluding carboxylic acids is 1. The Bertz CT molecular complexity index is 1260. The van der Waals surface area contributed by atoms with E-state index in [9.17, 15) is 23.2 Å². The van der Waals surface area contributed by atoms with E-state index in [0.717, 1.165) is 11.6 Å². The molecule has 2 N–H and O–H groups in total. The Morgan fingerprint density at radius 2 is 1.84 bits per heavy atom. The van der Waals surface area contributed by atoms with Gasteiger partial charge in [-0.3, -0.25) is 9.77 Å². The fourth-order valence-corrected chi connectivity index (χ4v) is 3.15. The van der Waals surface area contributed by atoms with Crippen LogP contribution in [0.25, 0.3) is 16.9 Å². The third-order valence-electron chi connectivity index (χ3n) is 4.41. The van der Waals surface area contributed by atoms with E-state index in [2.05, 4.69) is 15.3 Å². The van der Waals surface area contributed by atoms with Crippen LogP contribution in [0.3, 0.4) is 0 Å². The monoisotopic (exact) mass is 447 g/mol. The Morgan fingerprint density at radius 3 is 2.55 bits per heavy atom. The molecule has 0 fully saturated rings. The van der Waals surface area contributed by atoms with Crippen molar-refractivity contribution < 1.29 is 23.2 Å². The normalized spacial score (nSPS) is 11.5. The first-order valence-electron chi connectivity index (χ1n) is 8.79. The van der Waals surface area contributed by atoms with Gasteiger partial charge < -0.3 is 5.32 Å². The number of benzene rings is 2. The number of nitrogens with one attached hydrogen (secondary N) is 1. The molecule has 31 heavy (non-hydrogen) atoms. The number of hydrogen-bond acceptors (Lipinski definition) is 4. The topological polar surface area (TPSA) is 83.3 Å². The maximum atomic E-state index is 13.0. The quantitative estimate of drug-likeness (QED) is 0.320. The second kappa shape index (κ2) is 7.89. The third-order valence-corrected chi connectivity index (χ3v) is 4.74. The maximum absolute atomic E-state index is 13.0. The second-order valence-corrected chi connectivity index (χ2v) is 6.82. The standard InChI is InChI=1S/C20H13ClF3N5O2/c21-16-8-3-12(10-15(16)20(22,23)24)27-19(30)29(31)14-6-4-13(5-7-14)28-11-26-18-17(28)2-1-9-25-18/h1-11,31H,(H,27,30). The van der Waals surface area contributed by atoms with Gasteiger partial charge in [-0.05, 0) is 54.6 Å². The van der Waals surface area contributed by atoms with Crippen molar-refractivity contribution in [1.82, 2.24) is 14.5 Å². The van der Waals surface area contributed by atoms with Gasteiger partial charge in [-0.25, -0.2) is 14.8 Å². The summed E-state index contributed by atoms with van der Waals surface area (Å²) in [6.07, 6.45) is -1.46. The molecule has 0 spiro atoms. The van der Waals surface area contributed by atoms with Gasteiger partial charge in [0.15, 0.2) is 5.65 Å². The molecule has 0 atom stereocenters. The molecule has 0 saturated carbocycles. The number of halogens is 4. The Balaban J connectivity index is 1.52. The lowest BCUT2D eigenvalue weighted by atomic mass is 10.2. The van der Waals surface area contributed by atoms with E-state index in [-0.39, 0.29) is 11.4 Å². The highest BCUT2D eigenvalue weighted by Crippen LogP contribution is 2.36. The van der Waals surface area contributed by atoms with Gasteiger partial charge in [0.2, 0.25) is 0 Å². The second-order valence-electron chi connectivity index (χ2n) is 6.41. The SMILES string of the molecule is O=C(Nc1ccc(Cl)c(C(F)(F)F)c1)N(O)c1ccc(-n2cnc3ncccc32)cc1. The zero-order chi connectivity index (χ0) is 22.2. The van der Waals surface area contributed by atoms with Crippen LogP contribution in [0.4, 0.5) is 29.3 Å². The molecule has 2 amide bonds. The van der Waals surface area contributed by atoms with E-state index in [1.807, 2.05) is 6.07 Å². The van der Waals surface area contributed by atoms with E-state index < -0.39 is 22.8 Å². The summed E-state index contributed by atoms with van der Waals surface area (Å²) in [5.41, 5.74) is 0.889. The predicted molar refractivity (Wildman–Crippen MR) is 109 cm³/mol. The Labute approximate surface area is 178 Å². The van der Waals surface area contributed by atoms with Gasteiger partial charge in [-0.1, -0.05) is 11.6 Å². The Hall–Kier alpha value is -3.63. The Kier molecular flexibility index (Phi) is 5.25. The smallest absolute Gasteiger partial charge is 0.306 e. The summed E-state index contributed by atoms with van der Waals surface area (Å²) in [5.74, 6) is 0. The summed E-state index contributed by atoms with van der Waals surface area (Å²) in [5, 5.41) is 12.2. The molecule has 0 aliphatic heterocycles. The van der Waals surface area contributed by atoms with E-state index in [0.29, 0.717) is 22.5 Å². The average Bonchev–Trinajstić information content (AvgIpc) is 3.18. The number of hydrogen-bond donors (Lipinski definition) is 2. The lowest BCUT2D eigenvalue weighted by molar-refractivity contribution is -0.137. The van der Waals surface area contributed by atoms with Crippen LogP contribution in [0.15, 0.2) is 67.1 Å². The minimum Gasteiger partial charge on any atom is -0.306 e. The number of amides is 2. The van der Waals surface area contributed by atoms with Gasteiger partial charge in [0.25, 0.3) is 0 Å². The summed E-state index contributed by atoms with van der Waals surface area (Å²) in [4.78, 5) is 20.6. The summed E-state index contributed by atoms with van der Waals surface area (Å²) < 4.78 is 40.7. The number of anilines is 2. The van der Waals surface area contributed by atoms with E-state index in [1.165, 1.54) is 18.2 Å². The van der Waals surface area contributed by atoms with Gasteiger partial charge in [0.1, 0.15) is 6.33 Å². The number of hydroxylamine groups is 1. The molecule has 0 unspecified atom stereocenters. The summed E-state index contributed by atoms with van der Waals surface area (Å²) in [6, 6.07) is 11.7. The van der Waals surface area contributed by atoms with Crippen LogP contribution >= 0.6 is 11.6 Å². The molecule has 11 heteroatoms. The third kappa shape index (κ3) is 4.16. The van der Waals surface area contributed by atoms with Crippen molar-refractivity contribution in [1.29, 1.82) is 0 Å². The van der Waals surface area contributed by atoms with Gasteiger partial charge in [0.05, 0.1) is 21.8 Å². The van der Waals surface area contributed by atoms with Gasteiger partial charge in [-0.15, -0.1) is 0 Å². The lowest BCUT2D eigenvalue weighted by Crippen LogP contribution is -2.31. The van der Waals surface area contributed by atoms with E-state index in [4.69, 9.17) is 11.6 Å². The number of alkyl halides is 3. The lowest BCUT2D eigenvalue weighted by Gasteiger charge is -2.17. The summed E-state index contributed by atoms with van der Waals surface area (Å²) in [7, 11) is 0. The fourth-order valence-electron chi connectivity index (χ4n) is 2.92. The van der Waals surface area contributed by atoms with Crippen molar-refractivity contribution in [2.75, 3.05) is 10.4 Å². The fraction of sp³-hybridized carbons (Fsp3) is 0.0500. The molecule has 2 aromatic heterocycles. The van der Waals surface area contributed by atoms with Gasteiger partial charge in [0, 0.05) is 17.6 Å². The molecule has 158 valence electrons. The summed E-state index contributed by atoms with van der Waals surface area (Å²) in [6.45, 7) is 0. The number of urea groups is 1. The first-order chi connectivity index (χ1) is 14.7. The molecular weight excluding hydrogens is 435 g/mol. The number of rotatable bonds is 3. The predicted octanol–water partition coefficient (Wildman–Crippen LogP) is 5.52. The number of imidazole rings is 1. The molecular formula is C20H13ClF3N5O2. The van der Waals surface area contributed by atoms with Gasteiger partial charge in [-0.2, -0.15) is 18.2 Å². The average molecular weight is 448 g/mol. The van der Waals surface area contributed by atoms with E-state index in [1.54, 1.807) is 35.3 Å². The highest BCUT2D eigenvalue weighted by atomic mass is 35.5. The highest BCUT2D eigenvalue weighted by Gasteiger charge is 2.33. The first kappa shape index (κ1) is 20.6. The molecule has 4 aromatic rings. The van der Waals surface area contributed by atoms with Gasteiger partial charge >= 0.3 is 12.2 Å². The highest BCUT2D eigenvalue weighted by molar-refractivity contribution is 6.31. The number of aromatic nitrogens is 3. The zero-order valence-electron chi connectivity index (χ0n) is 15.5. The van der Waals surface area contributed by atoms with E-state index >= 15 is 0 Å². The number of pyridine rings is 1. The maximum Gasteiger partial charge on any atom is 0.417 e. The van der Waals surface area contributed by atoms with Crippen LogP contribution in [0, 0.1) is 0 Å². The molecule has 0 radical (unpaired) electrons. The minimum absolute atomic E-state index is 0.105. The van der Waals surface area contributed by atoms with Crippen molar-refractivity contribution in [2.24, 2.45) is 0 Å². The molecule has 0 aliphatic rings. The Morgan fingerprint density at radius 1 is 1.10 bits per heavy atom. The number of carbonyl (C=O) groups is 1. The van der Waals surface area contributed by atoms with Crippen molar-refractivity contribution in [3.8, 4) is 5.69 Å². The number of fused-ring (bicyclic) bond motifs is 1. The minimum atomic E-state index is -4.68. The summed E-state index contributed by atoms with van der Waals surface area (Å²) >= 11 is 5.57. The molecule has 0 bridgehead atoms. The zero-order valence-corrected chi connectivity index (χ0v) is 16.3. The van der Waals surface area contributed by atoms with Crippen molar-refractivity contribution in [3.05, 3.63) is 77.7 Å². The molecule has 0 saturated heterocycles. The van der Waals surface area contributed by atoms with Crippen LogP contribution in [0.1, 0.15) is 5.56 Å². The van der Waals surface area contributed by atoms with Crippen molar-refractivity contribution >= 4 is 40.2 Å². The van der Waals surface area contributed by atoms with Crippen molar-refractivity contribution in [2.45, 2.75) is 6.18 Å². The van der Waals surface area contributed by atoms with Crippen LogP contribution in [0.5, 0.6) is 0 Å². The van der Waals surface area contributed by atoms with Crippen LogP contribution in [0.2, 0.25) is 5.02 Å². The largest absolute Gasteiger partial charge is 0.417 e. The van der Waals surface area contributed by atoms with Crippen molar-refractivity contribution in [3.63, 3.8) is 0 Å². The van der Waals surface area contributed by atoms with Crippen LogP contribution in [-0.2, 0) is 6.18 Å². The van der Waals surface area contributed by atoms with Crippen LogP contribution < -0.4 is 10.4 Å². The molecule has 2 heterocycles. The van der Waals surface area contributed by atoms with Crippen LogP contribution in [-0.4, -0.2) is 25.8 Å². The number of nitrogens with zero attached hydrogens (tertiary/aromatic N) is 4. The molecule has 4 rings (SSSR count). The first-order valence-corrected chi connectivity index (χ1v) is 9.17. The molecule has 7 nitrogen and oxygen atoms in total. The molecule has 0 aliphatic carbocycles.